The number of aryl methyl sites for hydroxylation is 1. The highest BCUT2D eigenvalue weighted by Crippen LogP contribution is 2.29. The lowest BCUT2D eigenvalue weighted by Gasteiger charge is -2.11. The summed E-state index contributed by atoms with van der Waals surface area (Å²) < 4.78 is 35.1. The van der Waals surface area contributed by atoms with E-state index in [1.54, 1.807) is 55.9 Å². The monoisotopic (exact) mass is 394 g/mol. The van der Waals surface area contributed by atoms with Crippen LogP contribution in [0.15, 0.2) is 71.9 Å². The molecule has 0 aliphatic carbocycles. The Balaban J connectivity index is 1.81. The maximum atomic E-state index is 12.8. The lowest BCUT2D eigenvalue weighted by Crippen LogP contribution is -2.15. The van der Waals surface area contributed by atoms with Crippen molar-refractivity contribution < 1.29 is 13.2 Å². The number of fused-ring (bicyclic) bond motifs is 1. The van der Waals surface area contributed by atoms with Gasteiger partial charge in [-0.25, -0.2) is 12.9 Å². The lowest BCUT2D eigenvalue weighted by molar-refractivity contribution is 0.417. The first-order valence-corrected chi connectivity index (χ1v) is 10.0. The topological polar surface area (TPSA) is 85.6 Å². The van der Waals surface area contributed by atoms with Gasteiger partial charge in [0, 0.05) is 18.0 Å². The largest absolute Gasteiger partial charge is 0.494 e. The van der Waals surface area contributed by atoms with Crippen LogP contribution in [0.25, 0.3) is 16.8 Å². The molecule has 0 radical (unpaired) electrons. The Morgan fingerprint density at radius 2 is 1.86 bits per heavy atom. The van der Waals surface area contributed by atoms with Crippen molar-refractivity contribution in [1.82, 2.24) is 14.6 Å². The molecule has 0 aliphatic rings. The van der Waals surface area contributed by atoms with Gasteiger partial charge in [-0.1, -0.05) is 17.7 Å². The Morgan fingerprint density at radius 3 is 2.54 bits per heavy atom. The van der Waals surface area contributed by atoms with E-state index in [0.717, 1.165) is 11.1 Å². The Bertz CT molecular complexity index is 1230. The number of aromatic nitrogens is 3. The smallest absolute Gasteiger partial charge is 0.263 e. The molecule has 0 unspecified atom stereocenters. The summed E-state index contributed by atoms with van der Waals surface area (Å²) in [4.78, 5) is 4.29. The second-order valence-corrected chi connectivity index (χ2v) is 7.96. The maximum absolute atomic E-state index is 12.8. The van der Waals surface area contributed by atoms with E-state index in [0.29, 0.717) is 22.8 Å². The highest BCUT2D eigenvalue weighted by atomic mass is 32.2. The van der Waals surface area contributed by atoms with Crippen LogP contribution in [0.1, 0.15) is 5.56 Å². The first-order chi connectivity index (χ1) is 13.5. The second-order valence-electron chi connectivity index (χ2n) is 6.27. The number of hydrogen-bond acceptors (Lipinski definition) is 5. The fraction of sp³-hybridized carbons (Fsp3) is 0.100. The number of anilines is 1. The van der Waals surface area contributed by atoms with Crippen LogP contribution in [0, 0.1) is 6.92 Å². The van der Waals surface area contributed by atoms with Gasteiger partial charge >= 0.3 is 0 Å². The Morgan fingerprint density at radius 1 is 1.07 bits per heavy atom. The highest BCUT2D eigenvalue weighted by molar-refractivity contribution is 7.92. The van der Waals surface area contributed by atoms with Crippen molar-refractivity contribution in [3.8, 4) is 17.0 Å². The SMILES string of the molecule is COc1ccc(NS(=O)(=O)c2ccc(C)cc2)n2nc(-c3cccnc3)cc12. The molecule has 28 heavy (non-hydrogen) atoms. The summed E-state index contributed by atoms with van der Waals surface area (Å²) in [5, 5.41) is 4.55. The number of rotatable bonds is 5. The molecule has 3 heterocycles. The van der Waals surface area contributed by atoms with Crippen LogP contribution < -0.4 is 9.46 Å². The molecule has 4 rings (SSSR count). The Labute approximate surface area is 162 Å². The summed E-state index contributed by atoms with van der Waals surface area (Å²) in [6.07, 6.45) is 3.38. The molecule has 0 saturated carbocycles. The number of methoxy groups -OCH3 is 1. The maximum Gasteiger partial charge on any atom is 0.263 e. The molecule has 142 valence electrons. The standard InChI is InChI=1S/C20H18N4O3S/c1-14-5-7-16(8-6-14)28(25,26)23-20-10-9-19(27-2)18-12-17(22-24(18)20)15-4-3-11-21-13-15/h3-13,23H,1-2H3. The molecule has 1 N–H and O–H groups in total. The minimum absolute atomic E-state index is 0.182. The summed E-state index contributed by atoms with van der Waals surface area (Å²) in [6, 6.07) is 15.5. The van der Waals surface area contributed by atoms with Gasteiger partial charge in [0.05, 0.1) is 17.7 Å². The third-order valence-electron chi connectivity index (χ3n) is 4.33. The molecular formula is C20H18N4O3S. The van der Waals surface area contributed by atoms with E-state index in [4.69, 9.17) is 4.74 Å². The minimum atomic E-state index is -3.76. The molecular weight excluding hydrogens is 376 g/mol. The average Bonchev–Trinajstić information content (AvgIpc) is 3.15. The van der Waals surface area contributed by atoms with E-state index < -0.39 is 10.0 Å². The first-order valence-electron chi connectivity index (χ1n) is 8.54. The van der Waals surface area contributed by atoms with Gasteiger partial charge in [0.15, 0.2) is 0 Å². The molecule has 8 heteroatoms. The normalized spacial score (nSPS) is 11.5. The molecule has 3 aromatic heterocycles. The van der Waals surface area contributed by atoms with Gasteiger partial charge in [-0.05, 0) is 49.4 Å². The molecule has 0 amide bonds. The third-order valence-corrected chi connectivity index (χ3v) is 5.70. The predicted octanol–water partition coefficient (Wildman–Crippen LogP) is 3.51. The van der Waals surface area contributed by atoms with E-state index in [-0.39, 0.29) is 4.90 Å². The van der Waals surface area contributed by atoms with Gasteiger partial charge < -0.3 is 4.74 Å². The molecule has 0 bridgehead atoms. The number of ether oxygens (including phenoxy) is 1. The molecule has 0 spiro atoms. The molecule has 0 aliphatic heterocycles. The average molecular weight is 394 g/mol. The van der Waals surface area contributed by atoms with Crippen molar-refractivity contribution in [3.63, 3.8) is 0 Å². The van der Waals surface area contributed by atoms with Crippen LogP contribution in [-0.4, -0.2) is 30.1 Å². The molecule has 7 nitrogen and oxygen atoms in total. The van der Waals surface area contributed by atoms with Crippen LogP contribution in [0.3, 0.4) is 0 Å². The number of benzene rings is 1. The molecule has 0 saturated heterocycles. The van der Waals surface area contributed by atoms with Crippen molar-refractivity contribution in [1.29, 1.82) is 0 Å². The quantitative estimate of drug-likeness (QED) is 0.560. The Kier molecular flexibility index (Phi) is 4.48. The van der Waals surface area contributed by atoms with Crippen LogP contribution in [0.2, 0.25) is 0 Å². The zero-order chi connectivity index (χ0) is 19.7. The van der Waals surface area contributed by atoms with E-state index >= 15 is 0 Å². The van der Waals surface area contributed by atoms with Crippen LogP contribution in [-0.2, 0) is 10.0 Å². The summed E-state index contributed by atoms with van der Waals surface area (Å²) in [5.41, 5.74) is 3.11. The van der Waals surface area contributed by atoms with Crippen molar-refractivity contribution in [2.45, 2.75) is 11.8 Å². The Hall–Kier alpha value is -3.39. The van der Waals surface area contributed by atoms with Crippen molar-refractivity contribution >= 4 is 21.4 Å². The zero-order valence-corrected chi connectivity index (χ0v) is 16.1. The van der Waals surface area contributed by atoms with Gasteiger partial charge in [0.25, 0.3) is 10.0 Å². The second kappa shape index (κ2) is 6.97. The molecule has 1 aromatic carbocycles. The number of nitrogens with zero attached hydrogens (tertiary/aromatic N) is 3. The van der Waals surface area contributed by atoms with E-state index in [1.165, 1.54) is 4.52 Å². The highest BCUT2D eigenvalue weighted by Gasteiger charge is 2.18. The third kappa shape index (κ3) is 3.29. The van der Waals surface area contributed by atoms with E-state index in [2.05, 4.69) is 14.8 Å². The summed E-state index contributed by atoms with van der Waals surface area (Å²) >= 11 is 0. The van der Waals surface area contributed by atoms with Crippen LogP contribution in [0.5, 0.6) is 5.75 Å². The van der Waals surface area contributed by atoms with Gasteiger partial charge in [-0.15, -0.1) is 0 Å². The lowest BCUT2D eigenvalue weighted by atomic mass is 10.2. The number of pyridine rings is 2. The minimum Gasteiger partial charge on any atom is -0.494 e. The fourth-order valence-corrected chi connectivity index (χ4v) is 3.91. The van der Waals surface area contributed by atoms with Gasteiger partial charge in [-0.3, -0.25) is 9.71 Å². The summed E-state index contributed by atoms with van der Waals surface area (Å²) in [6.45, 7) is 1.90. The molecule has 0 fully saturated rings. The van der Waals surface area contributed by atoms with Crippen LogP contribution in [0.4, 0.5) is 5.82 Å². The zero-order valence-electron chi connectivity index (χ0n) is 15.3. The summed E-state index contributed by atoms with van der Waals surface area (Å²) in [7, 11) is -2.20. The van der Waals surface area contributed by atoms with Crippen molar-refractivity contribution in [2.75, 3.05) is 11.8 Å². The molecule has 0 atom stereocenters. The number of hydrogen-bond donors (Lipinski definition) is 1. The van der Waals surface area contributed by atoms with E-state index in [1.807, 2.05) is 25.1 Å². The number of sulfonamides is 1. The number of nitrogens with one attached hydrogen (secondary N) is 1. The van der Waals surface area contributed by atoms with Crippen LogP contribution >= 0.6 is 0 Å². The van der Waals surface area contributed by atoms with Gasteiger partial charge in [0.2, 0.25) is 0 Å². The molecule has 4 aromatic rings. The van der Waals surface area contributed by atoms with E-state index in [9.17, 15) is 8.42 Å². The summed E-state index contributed by atoms with van der Waals surface area (Å²) in [5.74, 6) is 0.896. The van der Waals surface area contributed by atoms with Gasteiger partial charge in [-0.2, -0.15) is 5.10 Å². The van der Waals surface area contributed by atoms with Crippen molar-refractivity contribution in [3.05, 3.63) is 72.6 Å². The first kappa shape index (κ1) is 18.0. The van der Waals surface area contributed by atoms with Crippen molar-refractivity contribution in [2.24, 2.45) is 0 Å². The van der Waals surface area contributed by atoms with Gasteiger partial charge in [0.1, 0.15) is 17.1 Å². The fourth-order valence-electron chi connectivity index (χ4n) is 2.87. The predicted molar refractivity (Wildman–Crippen MR) is 107 cm³/mol.